The maximum atomic E-state index is 13.5. The molecule has 0 radical (unpaired) electrons. The number of aromatic amines is 1. The molecule has 0 saturated carbocycles. The van der Waals surface area contributed by atoms with Gasteiger partial charge in [0.05, 0.1) is 35.4 Å². The standard InChI is InChI=1S/C23H22ClF4N5O2/c24-21-19(11-29-33(22(21)34)20-3-1-2-8-35-20)32-7-6-15-17(30-31-18(15)12-32)9-13-4-5-14(25)10-16(13)23(26,27)28/h4-5,10-11,20H,1-3,6-9,12H2,(H,30,31). The van der Waals surface area contributed by atoms with Crippen molar-refractivity contribution in [1.82, 2.24) is 20.0 Å². The number of alkyl halides is 3. The summed E-state index contributed by atoms with van der Waals surface area (Å²) in [6.07, 6.45) is -0.587. The van der Waals surface area contributed by atoms with Gasteiger partial charge in [0.25, 0.3) is 5.56 Å². The largest absolute Gasteiger partial charge is 0.416 e. The summed E-state index contributed by atoms with van der Waals surface area (Å²) in [5.74, 6) is -0.941. The Morgan fingerprint density at radius 3 is 2.83 bits per heavy atom. The van der Waals surface area contributed by atoms with E-state index < -0.39 is 29.3 Å². The van der Waals surface area contributed by atoms with E-state index in [1.807, 2.05) is 4.90 Å². The number of nitrogens with zero attached hydrogens (tertiary/aromatic N) is 4. The van der Waals surface area contributed by atoms with Crippen molar-refractivity contribution in [3.05, 3.63) is 73.7 Å². The average molecular weight is 512 g/mol. The number of benzene rings is 1. The third kappa shape index (κ3) is 4.66. The first-order chi connectivity index (χ1) is 16.7. The lowest BCUT2D eigenvalue weighted by molar-refractivity contribution is -0.138. The summed E-state index contributed by atoms with van der Waals surface area (Å²) in [5, 5.41) is 11.5. The molecule has 0 bridgehead atoms. The Kier molecular flexibility index (Phi) is 6.30. The first-order valence-electron chi connectivity index (χ1n) is 11.3. The summed E-state index contributed by atoms with van der Waals surface area (Å²) in [7, 11) is 0. The smallest absolute Gasteiger partial charge is 0.363 e. The minimum Gasteiger partial charge on any atom is -0.363 e. The maximum absolute atomic E-state index is 13.5. The Balaban J connectivity index is 1.37. The van der Waals surface area contributed by atoms with Crippen LogP contribution in [0.15, 0.2) is 29.2 Å². The molecule has 1 unspecified atom stereocenters. The molecule has 4 heterocycles. The fraction of sp³-hybridized carbons (Fsp3) is 0.435. The highest BCUT2D eigenvalue weighted by Crippen LogP contribution is 2.35. The van der Waals surface area contributed by atoms with Crippen LogP contribution in [0.2, 0.25) is 5.02 Å². The highest BCUT2D eigenvalue weighted by atomic mass is 35.5. The van der Waals surface area contributed by atoms with Crippen molar-refractivity contribution >= 4 is 17.3 Å². The van der Waals surface area contributed by atoms with Crippen LogP contribution in [0.25, 0.3) is 0 Å². The lowest BCUT2D eigenvalue weighted by atomic mass is 9.97. The molecule has 2 aliphatic heterocycles. The van der Waals surface area contributed by atoms with E-state index in [4.69, 9.17) is 16.3 Å². The number of halogens is 5. The van der Waals surface area contributed by atoms with Gasteiger partial charge in [-0.25, -0.2) is 4.39 Å². The van der Waals surface area contributed by atoms with Gasteiger partial charge in [-0.3, -0.25) is 9.89 Å². The van der Waals surface area contributed by atoms with Gasteiger partial charge < -0.3 is 9.64 Å². The van der Waals surface area contributed by atoms with Gasteiger partial charge in [-0.2, -0.15) is 28.1 Å². The zero-order valence-electron chi connectivity index (χ0n) is 18.5. The quantitative estimate of drug-likeness (QED) is 0.517. The van der Waals surface area contributed by atoms with Crippen molar-refractivity contribution < 1.29 is 22.3 Å². The number of rotatable bonds is 4. The first-order valence-corrected chi connectivity index (χ1v) is 11.6. The molecule has 0 aliphatic carbocycles. The van der Waals surface area contributed by atoms with Gasteiger partial charge in [0.15, 0.2) is 6.23 Å². The molecular weight excluding hydrogens is 490 g/mol. The molecule has 186 valence electrons. The molecule has 1 fully saturated rings. The second-order valence-electron chi connectivity index (χ2n) is 8.69. The van der Waals surface area contributed by atoms with E-state index >= 15 is 0 Å². The lowest BCUT2D eigenvalue weighted by Crippen LogP contribution is -2.35. The molecule has 7 nitrogen and oxygen atoms in total. The fourth-order valence-corrected chi connectivity index (χ4v) is 4.92. The number of H-pyrrole nitrogens is 1. The van der Waals surface area contributed by atoms with Crippen molar-refractivity contribution in [2.24, 2.45) is 0 Å². The number of anilines is 1. The van der Waals surface area contributed by atoms with Crippen LogP contribution >= 0.6 is 11.6 Å². The number of ether oxygens (including phenoxy) is 1. The molecule has 0 amide bonds. The SMILES string of the molecule is O=c1c(Cl)c(N2CCc3c(Cc4ccc(F)cc4C(F)(F)F)n[nH]c3C2)cnn1C1CCCCO1. The topological polar surface area (TPSA) is 76.0 Å². The van der Waals surface area contributed by atoms with E-state index in [1.165, 1.54) is 10.9 Å². The number of nitrogens with one attached hydrogen (secondary N) is 1. The fourth-order valence-electron chi connectivity index (χ4n) is 4.66. The number of hydrogen-bond acceptors (Lipinski definition) is 5. The average Bonchev–Trinajstić information content (AvgIpc) is 3.23. The molecule has 2 aromatic heterocycles. The normalized spacial score (nSPS) is 18.5. The molecule has 1 aromatic carbocycles. The monoisotopic (exact) mass is 511 g/mol. The summed E-state index contributed by atoms with van der Waals surface area (Å²) in [6, 6.07) is 2.66. The molecule has 0 spiro atoms. The summed E-state index contributed by atoms with van der Waals surface area (Å²) < 4.78 is 60.6. The van der Waals surface area contributed by atoms with Crippen molar-refractivity contribution in [3.63, 3.8) is 0 Å². The van der Waals surface area contributed by atoms with E-state index in [2.05, 4.69) is 15.3 Å². The Labute approximate surface area is 202 Å². The van der Waals surface area contributed by atoms with Gasteiger partial charge in [0.2, 0.25) is 0 Å². The molecule has 1 atom stereocenters. The molecular formula is C23H22ClF4N5O2. The van der Waals surface area contributed by atoms with Crippen LogP contribution < -0.4 is 10.5 Å². The molecule has 3 aromatic rings. The van der Waals surface area contributed by atoms with Crippen molar-refractivity contribution in [2.75, 3.05) is 18.1 Å². The minimum atomic E-state index is -4.67. The molecule has 12 heteroatoms. The van der Waals surface area contributed by atoms with Gasteiger partial charge in [-0.1, -0.05) is 17.7 Å². The molecule has 1 N–H and O–H groups in total. The minimum absolute atomic E-state index is 0.0403. The van der Waals surface area contributed by atoms with Crippen LogP contribution in [0.5, 0.6) is 0 Å². The van der Waals surface area contributed by atoms with Crippen LogP contribution in [0.3, 0.4) is 0 Å². The van der Waals surface area contributed by atoms with Crippen molar-refractivity contribution in [2.45, 2.75) is 51.1 Å². The van der Waals surface area contributed by atoms with Gasteiger partial charge in [-0.05, 0) is 43.4 Å². The second-order valence-corrected chi connectivity index (χ2v) is 9.07. The lowest BCUT2D eigenvalue weighted by Gasteiger charge is -2.30. The number of aromatic nitrogens is 4. The van der Waals surface area contributed by atoms with Gasteiger partial charge in [0.1, 0.15) is 10.8 Å². The predicted molar refractivity (Wildman–Crippen MR) is 120 cm³/mol. The Morgan fingerprint density at radius 1 is 1.26 bits per heavy atom. The summed E-state index contributed by atoms with van der Waals surface area (Å²) in [5.41, 5.74) is 1.00. The zero-order valence-corrected chi connectivity index (χ0v) is 19.3. The van der Waals surface area contributed by atoms with Gasteiger partial charge >= 0.3 is 6.18 Å². The number of fused-ring (bicyclic) bond motifs is 1. The molecule has 1 saturated heterocycles. The molecule has 5 rings (SSSR count). The summed E-state index contributed by atoms with van der Waals surface area (Å²) in [6.45, 7) is 1.38. The first kappa shape index (κ1) is 23.8. The van der Waals surface area contributed by atoms with Crippen LogP contribution in [0.1, 0.15) is 53.6 Å². The van der Waals surface area contributed by atoms with Crippen LogP contribution in [-0.4, -0.2) is 33.1 Å². The Morgan fingerprint density at radius 2 is 2.09 bits per heavy atom. The summed E-state index contributed by atoms with van der Waals surface area (Å²) >= 11 is 6.43. The van der Waals surface area contributed by atoms with Crippen LogP contribution in [0.4, 0.5) is 23.2 Å². The van der Waals surface area contributed by atoms with Crippen molar-refractivity contribution in [1.29, 1.82) is 0 Å². The Hall–Kier alpha value is -2.92. The van der Waals surface area contributed by atoms with Crippen molar-refractivity contribution in [3.8, 4) is 0 Å². The second kappa shape index (κ2) is 9.27. The van der Waals surface area contributed by atoms with Gasteiger partial charge in [0, 0.05) is 25.1 Å². The third-order valence-electron chi connectivity index (χ3n) is 6.45. The predicted octanol–water partition coefficient (Wildman–Crippen LogP) is 4.63. The highest BCUT2D eigenvalue weighted by molar-refractivity contribution is 6.33. The van der Waals surface area contributed by atoms with E-state index in [0.717, 1.165) is 36.2 Å². The number of hydrogen-bond donors (Lipinski definition) is 1. The van der Waals surface area contributed by atoms with E-state index in [-0.39, 0.29) is 17.0 Å². The molecule has 35 heavy (non-hydrogen) atoms. The summed E-state index contributed by atoms with van der Waals surface area (Å²) in [4.78, 5) is 14.7. The van der Waals surface area contributed by atoms with Crippen LogP contribution in [0, 0.1) is 5.82 Å². The van der Waals surface area contributed by atoms with E-state index in [9.17, 15) is 22.4 Å². The third-order valence-corrected chi connectivity index (χ3v) is 6.80. The van der Waals surface area contributed by atoms with Crippen LogP contribution in [-0.2, 0) is 30.3 Å². The van der Waals surface area contributed by atoms with E-state index in [1.54, 1.807) is 0 Å². The zero-order chi connectivity index (χ0) is 24.7. The molecule has 2 aliphatic rings. The van der Waals surface area contributed by atoms with Gasteiger partial charge in [-0.15, -0.1) is 0 Å². The Bertz CT molecular complexity index is 1300. The maximum Gasteiger partial charge on any atom is 0.416 e. The van der Waals surface area contributed by atoms with E-state index in [0.29, 0.717) is 50.0 Å². The highest BCUT2D eigenvalue weighted by Gasteiger charge is 2.34.